The summed E-state index contributed by atoms with van der Waals surface area (Å²) in [5.74, 6) is -0.839. The maximum absolute atomic E-state index is 10.3. The van der Waals surface area contributed by atoms with Crippen molar-refractivity contribution in [2.75, 3.05) is 0 Å². The van der Waals surface area contributed by atoms with Crippen LogP contribution in [0.2, 0.25) is 0 Å². The van der Waals surface area contributed by atoms with Crippen LogP contribution in [0.4, 0.5) is 0 Å². The van der Waals surface area contributed by atoms with Crippen molar-refractivity contribution in [3.05, 3.63) is 10.6 Å². The Morgan fingerprint density at radius 3 is 3.00 bits per heavy atom. The molecule has 0 saturated heterocycles. The Balaban J connectivity index is 3.03. The van der Waals surface area contributed by atoms with E-state index in [-0.39, 0.29) is 11.4 Å². The predicted octanol–water partition coefficient (Wildman–Crippen LogP) is -0.0206. The molecule has 52 valence electrons. The normalized spacial score (nSPS) is 10.9. The van der Waals surface area contributed by atoms with E-state index in [0.717, 1.165) is 4.20 Å². The molecule has 0 saturated carbocycles. The number of hydrogen-bond donors (Lipinski definition) is 0. The molecule has 0 spiro atoms. The lowest BCUT2D eigenvalue weighted by molar-refractivity contribution is 0.396. The van der Waals surface area contributed by atoms with Gasteiger partial charge in [-0.25, -0.2) is 4.79 Å². The number of aromatic nitrogens is 3. The van der Waals surface area contributed by atoms with Gasteiger partial charge in [-0.1, -0.05) is 5.10 Å². The molecule has 7 heteroatoms. The van der Waals surface area contributed by atoms with Gasteiger partial charge in [0.1, 0.15) is 0 Å². The van der Waals surface area contributed by atoms with Gasteiger partial charge in [-0.2, -0.15) is 0 Å². The lowest BCUT2D eigenvalue weighted by Gasteiger charge is -1.73. The summed E-state index contributed by atoms with van der Waals surface area (Å²) >= 11 is 5.34. The molecule has 0 aliphatic heterocycles. The van der Waals surface area contributed by atoms with E-state index in [4.69, 9.17) is 11.8 Å². The van der Waals surface area contributed by atoms with E-state index in [1.807, 2.05) is 0 Å². The monoisotopic (exact) mass is 161 g/mol. The van der Waals surface area contributed by atoms with Gasteiger partial charge < -0.3 is 8.83 Å². The third-order valence-electron chi connectivity index (χ3n) is 0.925. The third kappa shape index (κ3) is 0.561. The van der Waals surface area contributed by atoms with Gasteiger partial charge in [-0.3, -0.25) is 0 Å². The zero-order valence-electron chi connectivity index (χ0n) is 4.44. The first-order valence-electron chi connectivity index (χ1n) is 2.29. The molecular formula is C3ClN3O3. The van der Waals surface area contributed by atoms with Gasteiger partial charge in [0, 0.05) is 11.8 Å². The highest BCUT2D eigenvalue weighted by Gasteiger charge is 2.10. The number of rotatable bonds is 0. The zero-order chi connectivity index (χ0) is 7.14. The Morgan fingerprint density at radius 2 is 2.30 bits per heavy atom. The largest absolute Gasteiger partial charge is 0.522 e. The first-order chi connectivity index (χ1) is 4.77. The summed E-state index contributed by atoms with van der Waals surface area (Å²) in [5.41, 5.74) is 0.0201. The van der Waals surface area contributed by atoms with Gasteiger partial charge in [0.25, 0.3) is 0 Å². The smallest absolute Gasteiger partial charge is 0.368 e. The minimum atomic E-state index is -0.839. The second-order valence-corrected chi connectivity index (χ2v) is 1.83. The summed E-state index contributed by atoms with van der Waals surface area (Å²) in [6, 6.07) is 0. The van der Waals surface area contributed by atoms with Gasteiger partial charge in [-0.05, 0) is 5.21 Å². The summed E-state index contributed by atoms with van der Waals surface area (Å²) < 4.78 is 9.60. The Kier molecular flexibility index (Phi) is 0.877. The van der Waals surface area contributed by atoms with Crippen LogP contribution in [0, 0.1) is 0 Å². The lowest BCUT2D eigenvalue weighted by Crippen LogP contribution is -1.89. The van der Waals surface area contributed by atoms with Crippen molar-refractivity contribution >= 4 is 23.2 Å². The van der Waals surface area contributed by atoms with E-state index < -0.39 is 5.82 Å². The highest BCUT2D eigenvalue weighted by atomic mass is 35.5. The van der Waals surface area contributed by atoms with Gasteiger partial charge in [0.15, 0.2) is 0 Å². The molecule has 0 aromatic carbocycles. The lowest BCUT2D eigenvalue weighted by atomic mass is 10.9. The Hall–Kier alpha value is -1.30. The molecule has 2 aromatic heterocycles. The molecule has 10 heavy (non-hydrogen) atoms. The fourth-order valence-electron chi connectivity index (χ4n) is 0.566. The van der Waals surface area contributed by atoms with Crippen molar-refractivity contribution in [3.63, 3.8) is 0 Å². The molecule has 0 unspecified atom stereocenters. The summed E-state index contributed by atoms with van der Waals surface area (Å²) in [5, 5.41) is 6.66. The summed E-state index contributed by atoms with van der Waals surface area (Å²) in [6.07, 6.45) is 0. The van der Waals surface area contributed by atoms with Crippen molar-refractivity contribution < 1.29 is 8.83 Å². The molecule has 2 aromatic rings. The molecule has 0 bridgehead atoms. The topological polar surface area (TPSA) is 74.1 Å². The van der Waals surface area contributed by atoms with Crippen LogP contribution >= 0.6 is 11.8 Å². The van der Waals surface area contributed by atoms with Crippen molar-refractivity contribution in [2.24, 2.45) is 0 Å². The SMILES string of the molecule is O=c1oc2nnn(Cl)c2o1. The van der Waals surface area contributed by atoms with Crippen molar-refractivity contribution in [2.45, 2.75) is 0 Å². The predicted molar refractivity (Wildman–Crippen MR) is 29.6 cm³/mol. The van der Waals surface area contributed by atoms with Crippen LogP contribution in [0.3, 0.4) is 0 Å². The Bertz CT molecular complexity index is 412. The minimum Gasteiger partial charge on any atom is -0.368 e. The van der Waals surface area contributed by atoms with Crippen LogP contribution in [-0.4, -0.2) is 14.5 Å². The number of hydrogen-bond acceptors (Lipinski definition) is 5. The molecule has 0 aliphatic rings. The molecule has 0 aliphatic carbocycles. The van der Waals surface area contributed by atoms with Crippen molar-refractivity contribution in [3.8, 4) is 0 Å². The molecule has 6 nitrogen and oxygen atoms in total. The maximum Gasteiger partial charge on any atom is 0.522 e. The average molecular weight is 162 g/mol. The van der Waals surface area contributed by atoms with E-state index in [1.54, 1.807) is 0 Å². The number of fused-ring (bicyclic) bond motifs is 1. The molecule has 0 amide bonds. The zero-order valence-corrected chi connectivity index (χ0v) is 5.20. The Morgan fingerprint density at radius 1 is 1.50 bits per heavy atom. The van der Waals surface area contributed by atoms with E-state index in [9.17, 15) is 4.79 Å². The van der Waals surface area contributed by atoms with Crippen LogP contribution in [0.5, 0.6) is 0 Å². The fraction of sp³-hybridized carbons (Fsp3) is 0. The molecular weight excluding hydrogens is 162 g/mol. The van der Waals surface area contributed by atoms with E-state index in [1.165, 1.54) is 0 Å². The molecule has 2 rings (SSSR count). The van der Waals surface area contributed by atoms with E-state index in [2.05, 4.69) is 19.1 Å². The van der Waals surface area contributed by atoms with E-state index >= 15 is 0 Å². The van der Waals surface area contributed by atoms with Crippen molar-refractivity contribution in [1.82, 2.24) is 14.5 Å². The minimum absolute atomic E-state index is 0.000000000000000222. The van der Waals surface area contributed by atoms with Crippen LogP contribution in [0.25, 0.3) is 11.4 Å². The first kappa shape index (κ1) is 5.48. The van der Waals surface area contributed by atoms with Crippen molar-refractivity contribution in [1.29, 1.82) is 0 Å². The average Bonchev–Trinajstić information content (AvgIpc) is 2.35. The second kappa shape index (κ2) is 1.60. The fourth-order valence-corrected chi connectivity index (χ4v) is 0.707. The summed E-state index contributed by atoms with van der Waals surface area (Å²) in [4.78, 5) is 10.3. The van der Waals surface area contributed by atoms with Gasteiger partial charge >= 0.3 is 17.2 Å². The van der Waals surface area contributed by atoms with Crippen LogP contribution in [0.15, 0.2) is 13.6 Å². The number of nitrogens with zero attached hydrogens (tertiary/aromatic N) is 3. The quantitative estimate of drug-likeness (QED) is 0.543. The summed E-state index contributed by atoms with van der Waals surface area (Å²) in [6.45, 7) is 0. The number of halogens is 1. The van der Waals surface area contributed by atoms with Crippen LogP contribution in [0.1, 0.15) is 0 Å². The molecule has 2 heterocycles. The second-order valence-electron chi connectivity index (χ2n) is 1.51. The highest BCUT2D eigenvalue weighted by Crippen LogP contribution is 2.07. The Labute approximate surface area is 58.1 Å². The third-order valence-corrected chi connectivity index (χ3v) is 1.15. The van der Waals surface area contributed by atoms with Gasteiger partial charge in [-0.15, -0.1) is 4.20 Å². The van der Waals surface area contributed by atoms with Gasteiger partial charge in [0.05, 0.1) is 0 Å². The maximum atomic E-state index is 10.3. The van der Waals surface area contributed by atoms with Crippen LogP contribution < -0.4 is 5.82 Å². The molecule has 0 atom stereocenters. The van der Waals surface area contributed by atoms with E-state index in [0.29, 0.717) is 0 Å². The highest BCUT2D eigenvalue weighted by molar-refractivity contribution is 6.17. The molecule has 0 N–H and O–H groups in total. The van der Waals surface area contributed by atoms with Gasteiger partial charge in [0.2, 0.25) is 0 Å². The first-order valence-corrected chi connectivity index (χ1v) is 2.62. The molecule has 0 fully saturated rings. The van der Waals surface area contributed by atoms with Crippen LogP contribution in [-0.2, 0) is 0 Å². The standard InChI is InChI=1S/C3ClN3O3/c4-7-2-1(5-6-7)9-3(8)10-2. The summed E-state index contributed by atoms with van der Waals surface area (Å²) in [7, 11) is 0. The molecule has 0 radical (unpaired) electrons.